The van der Waals surface area contributed by atoms with Crippen LogP contribution in [0.3, 0.4) is 0 Å². The zero-order chi connectivity index (χ0) is 13.0. The molecule has 0 atom stereocenters. The Hall–Kier alpha value is -1.83. The average Bonchev–Trinajstić information content (AvgIpc) is 2.65. The van der Waals surface area contributed by atoms with Gasteiger partial charge >= 0.3 is 11.9 Å². The number of carbonyl (C=O) groups is 4. The molecule has 92 valence electrons. The zero-order valence-corrected chi connectivity index (χ0v) is 9.91. The van der Waals surface area contributed by atoms with E-state index < -0.39 is 28.8 Å². The summed E-state index contributed by atoms with van der Waals surface area (Å²) in [6, 6.07) is 0. The molecule has 0 aromatic carbocycles. The van der Waals surface area contributed by atoms with Gasteiger partial charge in [-0.1, -0.05) is 11.8 Å². The van der Waals surface area contributed by atoms with Crippen LogP contribution in [0.25, 0.3) is 0 Å². The number of amides is 2. The molecule has 1 heterocycles. The van der Waals surface area contributed by atoms with E-state index in [4.69, 9.17) is 0 Å². The highest BCUT2D eigenvalue weighted by Crippen LogP contribution is 2.24. The van der Waals surface area contributed by atoms with Gasteiger partial charge in [0, 0.05) is 0 Å². The number of hydrogen-bond acceptors (Lipinski definition) is 7. The second-order valence-corrected chi connectivity index (χ2v) is 3.75. The zero-order valence-electron chi connectivity index (χ0n) is 9.09. The van der Waals surface area contributed by atoms with Gasteiger partial charge in [0.1, 0.15) is 5.70 Å². The van der Waals surface area contributed by atoms with Crippen LogP contribution in [-0.2, 0) is 23.9 Å². The Bertz CT molecular complexity index is 400. The van der Waals surface area contributed by atoms with Crippen LogP contribution in [0, 0.1) is 0 Å². The van der Waals surface area contributed by atoms with E-state index in [0.717, 1.165) is 32.1 Å². The molecule has 0 aliphatic carbocycles. The molecule has 0 aromatic heterocycles. The Kier molecular flexibility index (Phi) is 4.27. The molecule has 7 nitrogen and oxygen atoms in total. The third-order valence-corrected chi connectivity index (χ3v) is 2.66. The Morgan fingerprint density at radius 3 is 2.35 bits per heavy atom. The number of carbonyl (C=O) groups excluding carboxylic acids is 4. The van der Waals surface area contributed by atoms with Crippen molar-refractivity contribution in [1.29, 1.82) is 0 Å². The molecule has 0 saturated carbocycles. The molecular weight excluding hydrogens is 250 g/mol. The first-order valence-electron chi connectivity index (χ1n) is 4.39. The van der Waals surface area contributed by atoms with Crippen molar-refractivity contribution in [2.75, 3.05) is 20.0 Å². The van der Waals surface area contributed by atoms with Crippen LogP contribution in [0.5, 0.6) is 0 Å². The van der Waals surface area contributed by atoms with Gasteiger partial charge in [0.05, 0.1) is 26.0 Å². The highest BCUT2D eigenvalue weighted by molar-refractivity contribution is 8.14. The second-order valence-electron chi connectivity index (χ2n) is 2.83. The maximum atomic E-state index is 11.4. The standard InChI is InChI=1S/C9H9NO6S/c1-15-7(12)3-5(8(13)16-2)10-6(11)4-17-9(10)14/h3H,4H2,1-2H3/b5-3-. The molecule has 0 radical (unpaired) electrons. The lowest BCUT2D eigenvalue weighted by Crippen LogP contribution is -2.33. The first-order valence-corrected chi connectivity index (χ1v) is 5.37. The van der Waals surface area contributed by atoms with Crippen LogP contribution in [0.2, 0.25) is 0 Å². The summed E-state index contributed by atoms with van der Waals surface area (Å²) in [6.07, 6.45) is 0.744. The Balaban J connectivity index is 3.10. The molecule has 1 aliphatic rings. The van der Waals surface area contributed by atoms with Crippen molar-refractivity contribution < 1.29 is 28.7 Å². The van der Waals surface area contributed by atoms with Crippen molar-refractivity contribution >= 4 is 34.8 Å². The fourth-order valence-electron chi connectivity index (χ4n) is 1.08. The molecule has 17 heavy (non-hydrogen) atoms. The summed E-state index contributed by atoms with van der Waals surface area (Å²) in [5, 5.41) is -0.629. The number of nitrogens with zero attached hydrogens (tertiary/aromatic N) is 1. The van der Waals surface area contributed by atoms with Crippen LogP contribution >= 0.6 is 11.8 Å². The SMILES string of the molecule is COC(=O)/C=C(/C(=O)OC)N1C(=O)CSC1=O. The highest BCUT2D eigenvalue weighted by atomic mass is 32.2. The van der Waals surface area contributed by atoms with Gasteiger partial charge < -0.3 is 9.47 Å². The lowest BCUT2D eigenvalue weighted by atomic mass is 10.3. The van der Waals surface area contributed by atoms with E-state index in [1.165, 1.54) is 0 Å². The van der Waals surface area contributed by atoms with E-state index in [0.29, 0.717) is 4.90 Å². The summed E-state index contributed by atoms with van der Waals surface area (Å²) in [7, 11) is 2.18. The second kappa shape index (κ2) is 5.48. The van der Waals surface area contributed by atoms with E-state index in [-0.39, 0.29) is 5.75 Å². The number of esters is 2. The van der Waals surface area contributed by atoms with Gasteiger partial charge in [-0.3, -0.25) is 9.59 Å². The van der Waals surface area contributed by atoms with E-state index in [2.05, 4.69) is 9.47 Å². The van der Waals surface area contributed by atoms with Gasteiger partial charge in [0.15, 0.2) is 0 Å². The topological polar surface area (TPSA) is 90.0 Å². The van der Waals surface area contributed by atoms with Gasteiger partial charge in [-0.2, -0.15) is 0 Å². The van der Waals surface area contributed by atoms with Gasteiger partial charge in [-0.05, 0) is 0 Å². The van der Waals surface area contributed by atoms with Crippen molar-refractivity contribution in [3.63, 3.8) is 0 Å². The van der Waals surface area contributed by atoms with Gasteiger partial charge in [-0.25, -0.2) is 14.5 Å². The monoisotopic (exact) mass is 259 g/mol. The molecule has 0 unspecified atom stereocenters. The summed E-state index contributed by atoms with van der Waals surface area (Å²) in [5.74, 6) is -2.48. The lowest BCUT2D eigenvalue weighted by Gasteiger charge is -2.14. The molecule has 1 aliphatic heterocycles. The Morgan fingerprint density at radius 1 is 1.29 bits per heavy atom. The maximum absolute atomic E-state index is 11.4. The van der Waals surface area contributed by atoms with Crippen molar-refractivity contribution in [1.82, 2.24) is 4.90 Å². The fourth-order valence-corrected chi connectivity index (χ4v) is 1.78. The normalized spacial score (nSPS) is 16.1. The molecule has 1 fully saturated rings. The first-order chi connectivity index (χ1) is 8.01. The van der Waals surface area contributed by atoms with Crippen LogP contribution in [0.1, 0.15) is 0 Å². The lowest BCUT2D eigenvalue weighted by molar-refractivity contribution is -0.141. The summed E-state index contributed by atoms with van der Waals surface area (Å²) >= 11 is 0.741. The predicted molar refractivity (Wildman–Crippen MR) is 56.8 cm³/mol. The molecule has 8 heteroatoms. The van der Waals surface area contributed by atoms with Gasteiger partial charge in [0.2, 0.25) is 5.91 Å². The van der Waals surface area contributed by atoms with Crippen molar-refractivity contribution in [3.05, 3.63) is 11.8 Å². The molecule has 1 rings (SSSR count). The third kappa shape index (κ3) is 2.84. The smallest absolute Gasteiger partial charge is 0.355 e. The number of ether oxygens (including phenoxy) is 2. The number of methoxy groups -OCH3 is 2. The number of hydrogen-bond donors (Lipinski definition) is 0. The molecule has 0 bridgehead atoms. The number of rotatable bonds is 3. The first kappa shape index (κ1) is 13.2. The quantitative estimate of drug-likeness (QED) is 0.516. The summed E-state index contributed by atoms with van der Waals surface area (Å²) in [5.41, 5.74) is -0.445. The third-order valence-electron chi connectivity index (χ3n) is 1.84. The molecular formula is C9H9NO6S. The Morgan fingerprint density at radius 2 is 1.94 bits per heavy atom. The molecule has 1 saturated heterocycles. The minimum Gasteiger partial charge on any atom is -0.466 e. The van der Waals surface area contributed by atoms with E-state index in [1.807, 2.05) is 0 Å². The molecule has 2 amide bonds. The molecule has 0 N–H and O–H groups in total. The van der Waals surface area contributed by atoms with Gasteiger partial charge in [-0.15, -0.1) is 0 Å². The fraction of sp³-hybridized carbons (Fsp3) is 0.333. The highest BCUT2D eigenvalue weighted by Gasteiger charge is 2.36. The van der Waals surface area contributed by atoms with Crippen LogP contribution in [-0.4, -0.2) is 48.0 Å². The number of thioether (sulfide) groups is 1. The largest absolute Gasteiger partial charge is 0.466 e. The minimum atomic E-state index is -0.959. The molecule has 0 aromatic rings. The average molecular weight is 259 g/mol. The predicted octanol–water partition coefficient (Wildman–Crippen LogP) is -0.0883. The van der Waals surface area contributed by atoms with Crippen LogP contribution < -0.4 is 0 Å². The number of imide groups is 1. The van der Waals surface area contributed by atoms with Crippen molar-refractivity contribution in [2.24, 2.45) is 0 Å². The van der Waals surface area contributed by atoms with Crippen LogP contribution in [0.4, 0.5) is 4.79 Å². The maximum Gasteiger partial charge on any atom is 0.355 e. The molecule has 0 spiro atoms. The van der Waals surface area contributed by atoms with Crippen molar-refractivity contribution in [3.8, 4) is 0 Å². The minimum absolute atomic E-state index is 0.0751. The van der Waals surface area contributed by atoms with Crippen molar-refractivity contribution in [2.45, 2.75) is 0 Å². The summed E-state index contributed by atoms with van der Waals surface area (Å²) in [6.45, 7) is 0. The van der Waals surface area contributed by atoms with E-state index in [1.54, 1.807) is 0 Å². The van der Waals surface area contributed by atoms with Gasteiger partial charge in [0.25, 0.3) is 5.24 Å². The van der Waals surface area contributed by atoms with E-state index in [9.17, 15) is 19.2 Å². The van der Waals surface area contributed by atoms with Crippen LogP contribution in [0.15, 0.2) is 11.8 Å². The van der Waals surface area contributed by atoms with E-state index >= 15 is 0 Å². The summed E-state index contributed by atoms with van der Waals surface area (Å²) < 4.78 is 8.72. The Labute approximate surface area is 101 Å². The summed E-state index contributed by atoms with van der Waals surface area (Å²) in [4.78, 5) is 45.8.